The molecular formula is C14H9BrFNO. The van der Waals surface area contributed by atoms with Crippen molar-refractivity contribution < 1.29 is 8.81 Å². The number of fused-ring (bicyclic) bond motifs is 1. The summed E-state index contributed by atoms with van der Waals surface area (Å²) in [6.45, 7) is 1.93. The molecular weight excluding hydrogens is 297 g/mol. The number of nitrogens with zero attached hydrogens (tertiary/aromatic N) is 1. The summed E-state index contributed by atoms with van der Waals surface area (Å²) < 4.78 is 20.3. The van der Waals surface area contributed by atoms with Crippen LogP contribution in [0.1, 0.15) is 5.56 Å². The Morgan fingerprint density at radius 2 is 2.00 bits per heavy atom. The minimum absolute atomic E-state index is 0.310. The Labute approximate surface area is 112 Å². The van der Waals surface area contributed by atoms with Gasteiger partial charge in [0.2, 0.25) is 5.89 Å². The molecule has 0 bridgehead atoms. The fourth-order valence-corrected chi connectivity index (χ4v) is 2.47. The zero-order valence-electron chi connectivity index (χ0n) is 9.58. The van der Waals surface area contributed by atoms with Crippen LogP contribution in [-0.4, -0.2) is 4.98 Å². The van der Waals surface area contributed by atoms with Gasteiger partial charge in [-0.1, -0.05) is 28.1 Å². The van der Waals surface area contributed by atoms with Gasteiger partial charge in [0, 0.05) is 4.47 Å². The number of aryl methyl sites for hydroxylation is 1. The van der Waals surface area contributed by atoms with Crippen molar-refractivity contribution >= 4 is 27.0 Å². The van der Waals surface area contributed by atoms with Crippen molar-refractivity contribution in [1.82, 2.24) is 4.98 Å². The lowest BCUT2D eigenvalue weighted by Crippen LogP contribution is -1.82. The highest BCUT2D eigenvalue weighted by Gasteiger charge is 2.13. The molecule has 0 aliphatic rings. The summed E-state index contributed by atoms with van der Waals surface area (Å²) in [7, 11) is 0. The molecule has 2 aromatic carbocycles. The predicted molar refractivity (Wildman–Crippen MR) is 71.8 cm³/mol. The summed E-state index contributed by atoms with van der Waals surface area (Å²) in [5.41, 5.74) is 2.76. The van der Waals surface area contributed by atoms with Gasteiger partial charge in [0.25, 0.3) is 0 Å². The van der Waals surface area contributed by atoms with Crippen LogP contribution in [0.25, 0.3) is 22.6 Å². The van der Waals surface area contributed by atoms with Crippen LogP contribution < -0.4 is 0 Å². The molecule has 0 amide bonds. The molecule has 0 spiro atoms. The van der Waals surface area contributed by atoms with Gasteiger partial charge in [-0.3, -0.25) is 0 Å². The van der Waals surface area contributed by atoms with Gasteiger partial charge >= 0.3 is 0 Å². The average molecular weight is 306 g/mol. The number of oxazole rings is 1. The van der Waals surface area contributed by atoms with Crippen LogP contribution in [0, 0.1) is 12.7 Å². The minimum atomic E-state index is -0.333. The molecule has 90 valence electrons. The summed E-state index contributed by atoms with van der Waals surface area (Å²) in [5.74, 6) is -0.0231. The van der Waals surface area contributed by atoms with Crippen LogP contribution >= 0.6 is 15.9 Å². The van der Waals surface area contributed by atoms with Crippen molar-refractivity contribution in [3.05, 3.63) is 52.3 Å². The molecule has 0 unspecified atom stereocenters. The molecule has 0 saturated carbocycles. The lowest BCUT2D eigenvalue weighted by atomic mass is 10.2. The third-order valence-electron chi connectivity index (χ3n) is 2.74. The van der Waals surface area contributed by atoms with Gasteiger partial charge in [-0.2, -0.15) is 0 Å². The number of benzene rings is 2. The van der Waals surface area contributed by atoms with Crippen LogP contribution in [-0.2, 0) is 0 Å². The zero-order valence-corrected chi connectivity index (χ0v) is 11.2. The lowest BCUT2D eigenvalue weighted by Gasteiger charge is -1.96. The summed E-state index contributed by atoms with van der Waals surface area (Å²) in [4.78, 5) is 4.33. The molecule has 1 heterocycles. The summed E-state index contributed by atoms with van der Waals surface area (Å²) in [6.07, 6.45) is 0. The monoisotopic (exact) mass is 305 g/mol. The molecule has 0 atom stereocenters. The maximum absolute atomic E-state index is 13.7. The van der Waals surface area contributed by atoms with E-state index in [0.29, 0.717) is 17.0 Å². The van der Waals surface area contributed by atoms with E-state index in [2.05, 4.69) is 20.9 Å². The van der Waals surface area contributed by atoms with Gasteiger partial charge in [0.15, 0.2) is 5.58 Å². The SMILES string of the molecule is Cc1cc(Br)cc2nc(-c3ccccc3F)oc12. The van der Waals surface area contributed by atoms with Gasteiger partial charge in [0.05, 0.1) is 5.56 Å². The maximum atomic E-state index is 13.7. The first-order valence-corrected chi connectivity index (χ1v) is 6.26. The van der Waals surface area contributed by atoms with E-state index >= 15 is 0 Å². The fourth-order valence-electron chi connectivity index (χ4n) is 1.91. The van der Waals surface area contributed by atoms with E-state index in [1.807, 2.05) is 19.1 Å². The predicted octanol–water partition coefficient (Wildman–Crippen LogP) is 4.70. The Balaban J connectivity index is 2.26. The maximum Gasteiger partial charge on any atom is 0.230 e. The van der Waals surface area contributed by atoms with E-state index < -0.39 is 0 Å². The fraction of sp³-hybridized carbons (Fsp3) is 0.0714. The molecule has 0 saturated heterocycles. The number of aromatic nitrogens is 1. The quantitative estimate of drug-likeness (QED) is 0.651. The summed E-state index contributed by atoms with van der Waals surface area (Å²) >= 11 is 3.41. The minimum Gasteiger partial charge on any atom is -0.436 e. The van der Waals surface area contributed by atoms with E-state index in [9.17, 15) is 4.39 Å². The second-order valence-corrected chi connectivity index (χ2v) is 4.99. The highest BCUT2D eigenvalue weighted by atomic mass is 79.9. The highest BCUT2D eigenvalue weighted by molar-refractivity contribution is 9.10. The van der Waals surface area contributed by atoms with Crippen molar-refractivity contribution in [2.45, 2.75) is 6.92 Å². The number of halogens is 2. The third-order valence-corrected chi connectivity index (χ3v) is 3.20. The van der Waals surface area contributed by atoms with Crippen molar-refractivity contribution in [3.8, 4) is 11.5 Å². The normalized spacial score (nSPS) is 11.1. The topological polar surface area (TPSA) is 26.0 Å². The molecule has 0 N–H and O–H groups in total. The van der Waals surface area contributed by atoms with Gasteiger partial charge in [-0.25, -0.2) is 9.37 Å². The molecule has 18 heavy (non-hydrogen) atoms. The van der Waals surface area contributed by atoms with Gasteiger partial charge < -0.3 is 4.42 Å². The Hall–Kier alpha value is -1.68. The smallest absolute Gasteiger partial charge is 0.230 e. The van der Waals surface area contributed by atoms with Crippen LogP contribution in [0.5, 0.6) is 0 Å². The molecule has 0 radical (unpaired) electrons. The molecule has 2 nitrogen and oxygen atoms in total. The molecule has 1 aromatic heterocycles. The van der Waals surface area contributed by atoms with E-state index in [1.54, 1.807) is 18.2 Å². The second-order valence-electron chi connectivity index (χ2n) is 4.07. The van der Waals surface area contributed by atoms with Gasteiger partial charge in [-0.05, 0) is 36.8 Å². The summed E-state index contributed by atoms with van der Waals surface area (Å²) in [6, 6.07) is 10.3. The van der Waals surface area contributed by atoms with E-state index in [4.69, 9.17) is 4.42 Å². The molecule has 4 heteroatoms. The van der Waals surface area contributed by atoms with Crippen LogP contribution in [0.3, 0.4) is 0 Å². The average Bonchev–Trinajstić information content (AvgIpc) is 2.73. The molecule has 0 aliphatic heterocycles. The van der Waals surface area contributed by atoms with E-state index in [-0.39, 0.29) is 5.82 Å². The molecule has 0 aliphatic carbocycles. The van der Waals surface area contributed by atoms with E-state index in [1.165, 1.54) is 6.07 Å². The van der Waals surface area contributed by atoms with Crippen molar-refractivity contribution in [1.29, 1.82) is 0 Å². The van der Waals surface area contributed by atoms with Crippen molar-refractivity contribution in [3.63, 3.8) is 0 Å². The molecule has 3 rings (SSSR count). The lowest BCUT2D eigenvalue weighted by molar-refractivity contribution is 0.592. The zero-order chi connectivity index (χ0) is 12.7. The first-order chi connectivity index (χ1) is 8.65. The largest absolute Gasteiger partial charge is 0.436 e. The van der Waals surface area contributed by atoms with E-state index in [0.717, 1.165) is 15.6 Å². The molecule has 0 fully saturated rings. The van der Waals surface area contributed by atoms with Gasteiger partial charge in [0.1, 0.15) is 11.3 Å². The first kappa shape index (κ1) is 11.4. The summed E-state index contributed by atoms with van der Waals surface area (Å²) in [5, 5.41) is 0. The van der Waals surface area contributed by atoms with Gasteiger partial charge in [-0.15, -0.1) is 0 Å². The van der Waals surface area contributed by atoms with Crippen molar-refractivity contribution in [2.75, 3.05) is 0 Å². The Bertz CT molecular complexity index is 736. The second kappa shape index (κ2) is 4.21. The number of hydrogen-bond donors (Lipinski definition) is 0. The third kappa shape index (κ3) is 1.82. The molecule has 3 aromatic rings. The van der Waals surface area contributed by atoms with Crippen LogP contribution in [0.4, 0.5) is 4.39 Å². The highest BCUT2D eigenvalue weighted by Crippen LogP contribution is 2.29. The van der Waals surface area contributed by atoms with Crippen LogP contribution in [0.2, 0.25) is 0 Å². The first-order valence-electron chi connectivity index (χ1n) is 5.47. The standard InChI is InChI=1S/C14H9BrFNO/c1-8-6-9(15)7-12-13(8)18-14(17-12)10-4-2-3-5-11(10)16/h2-7H,1H3. The Kier molecular flexibility index (Phi) is 2.67. The number of hydrogen-bond acceptors (Lipinski definition) is 2. The number of rotatable bonds is 1. The Morgan fingerprint density at radius 1 is 1.22 bits per heavy atom. The Morgan fingerprint density at radius 3 is 2.78 bits per heavy atom. The van der Waals surface area contributed by atoms with Crippen LogP contribution in [0.15, 0.2) is 45.3 Å². The van der Waals surface area contributed by atoms with Crippen molar-refractivity contribution in [2.24, 2.45) is 0 Å².